The molecule has 1 atom stereocenters. The molecule has 9 nitrogen and oxygen atoms in total. The molecule has 3 heterocycles. The van der Waals surface area contributed by atoms with Gasteiger partial charge in [0, 0.05) is 78.2 Å². The Labute approximate surface area is 194 Å². The molecule has 4 rings (SSSR count). The number of nitrogens with zero attached hydrogens (tertiary/aromatic N) is 5. The Morgan fingerprint density at radius 3 is 2.42 bits per heavy atom. The molecule has 0 aliphatic carbocycles. The van der Waals surface area contributed by atoms with E-state index < -0.39 is 0 Å². The van der Waals surface area contributed by atoms with Gasteiger partial charge in [0.05, 0.1) is 5.92 Å². The third-order valence-electron chi connectivity index (χ3n) is 6.84. The highest BCUT2D eigenvalue weighted by atomic mass is 16.2. The number of benzene rings is 1. The Kier molecular flexibility index (Phi) is 7.17. The van der Waals surface area contributed by atoms with Crippen molar-refractivity contribution in [3.05, 3.63) is 57.2 Å². The standard InChI is InChI=1S/C24H34N6O3/c1-26-21(17-22(31)27(2)24(26)33)30-11-6-7-19(18-30)23(32)25-10-12-28-13-15-29(16-14-28)20-8-4-3-5-9-20/h3-5,8-9,17,19H,6-7,10-16,18H2,1-2H3,(H,25,32). The van der Waals surface area contributed by atoms with Gasteiger partial charge >= 0.3 is 5.69 Å². The Hall–Kier alpha value is -3.07. The highest BCUT2D eigenvalue weighted by Gasteiger charge is 2.27. The molecular formula is C24H34N6O3. The number of piperazine rings is 1. The third kappa shape index (κ3) is 5.30. The minimum Gasteiger partial charge on any atom is -0.369 e. The molecule has 0 bridgehead atoms. The van der Waals surface area contributed by atoms with Crippen molar-refractivity contribution >= 4 is 17.4 Å². The maximum absolute atomic E-state index is 12.8. The summed E-state index contributed by atoms with van der Waals surface area (Å²) in [6.45, 7) is 6.67. The van der Waals surface area contributed by atoms with E-state index in [-0.39, 0.29) is 23.1 Å². The lowest BCUT2D eigenvalue weighted by Gasteiger charge is -2.36. The van der Waals surface area contributed by atoms with Crippen LogP contribution in [0.2, 0.25) is 0 Å². The van der Waals surface area contributed by atoms with Crippen molar-refractivity contribution in [2.45, 2.75) is 12.8 Å². The summed E-state index contributed by atoms with van der Waals surface area (Å²) in [7, 11) is 3.14. The summed E-state index contributed by atoms with van der Waals surface area (Å²) in [6.07, 6.45) is 1.67. The molecule has 0 saturated carbocycles. The first-order valence-corrected chi connectivity index (χ1v) is 11.8. The van der Waals surface area contributed by atoms with E-state index in [4.69, 9.17) is 0 Å². The lowest BCUT2D eigenvalue weighted by molar-refractivity contribution is -0.125. The van der Waals surface area contributed by atoms with Gasteiger partial charge in [-0.25, -0.2) is 4.79 Å². The van der Waals surface area contributed by atoms with E-state index >= 15 is 0 Å². The first-order valence-electron chi connectivity index (χ1n) is 11.8. The van der Waals surface area contributed by atoms with E-state index in [0.717, 1.165) is 56.7 Å². The normalized spacial score (nSPS) is 19.5. The highest BCUT2D eigenvalue weighted by molar-refractivity contribution is 5.79. The lowest BCUT2D eigenvalue weighted by Crippen LogP contribution is -2.50. The van der Waals surface area contributed by atoms with Crippen molar-refractivity contribution in [3.63, 3.8) is 0 Å². The maximum atomic E-state index is 12.8. The fourth-order valence-corrected chi connectivity index (χ4v) is 4.77. The van der Waals surface area contributed by atoms with Crippen LogP contribution in [0.25, 0.3) is 0 Å². The second kappa shape index (κ2) is 10.2. The molecule has 9 heteroatoms. The van der Waals surface area contributed by atoms with Crippen molar-refractivity contribution in [2.24, 2.45) is 20.0 Å². The summed E-state index contributed by atoms with van der Waals surface area (Å²) < 4.78 is 2.58. The number of nitrogens with one attached hydrogen (secondary N) is 1. The SMILES string of the molecule is Cn1c(N2CCCC(C(=O)NCCN3CCN(c4ccccc4)CC3)C2)cc(=O)n(C)c1=O. The molecule has 1 aromatic heterocycles. The van der Waals surface area contributed by atoms with Crippen LogP contribution in [0.5, 0.6) is 0 Å². The first-order chi connectivity index (χ1) is 15.9. The van der Waals surface area contributed by atoms with Crippen molar-refractivity contribution < 1.29 is 4.79 Å². The molecular weight excluding hydrogens is 420 g/mol. The summed E-state index contributed by atoms with van der Waals surface area (Å²) in [5.41, 5.74) is 0.588. The number of amides is 1. The van der Waals surface area contributed by atoms with Gasteiger partial charge in [0.25, 0.3) is 5.56 Å². The molecule has 2 saturated heterocycles. The van der Waals surface area contributed by atoms with Gasteiger partial charge in [0.15, 0.2) is 0 Å². The fourth-order valence-electron chi connectivity index (χ4n) is 4.77. The van der Waals surface area contributed by atoms with E-state index in [1.807, 2.05) is 11.0 Å². The lowest BCUT2D eigenvalue weighted by atomic mass is 9.97. The van der Waals surface area contributed by atoms with Gasteiger partial charge < -0.3 is 15.1 Å². The molecule has 2 aliphatic rings. The van der Waals surface area contributed by atoms with E-state index in [1.54, 1.807) is 7.05 Å². The minimum atomic E-state index is -0.351. The van der Waals surface area contributed by atoms with Gasteiger partial charge in [-0.15, -0.1) is 0 Å². The molecule has 1 unspecified atom stereocenters. The van der Waals surface area contributed by atoms with E-state index in [9.17, 15) is 14.4 Å². The number of hydrogen-bond donors (Lipinski definition) is 1. The predicted octanol–water partition coefficient (Wildman–Crippen LogP) is 0.239. The molecule has 1 amide bonds. The quantitative estimate of drug-likeness (QED) is 0.673. The van der Waals surface area contributed by atoms with Crippen molar-refractivity contribution in [1.82, 2.24) is 19.4 Å². The summed E-state index contributed by atoms with van der Waals surface area (Å²) in [5.74, 6) is 0.487. The average Bonchev–Trinajstić information content (AvgIpc) is 2.86. The Morgan fingerprint density at radius 2 is 1.70 bits per heavy atom. The van der Waals surface area contributed by atoms with Crippen molar-refractivity contribution in [3.8, 4) is 0 Å². The van der Waals surface area contributed by atoms with Crippen LogP contribution in [0.4, 0.5) is 11.5 Å². The van der Waals surface area contributed by atoms with Gasteiger partial charge in [0.2, 0.25) is 5.91 Å². The molecule has 2 aliphatic heterocycles. The summed E-state index contributed by atoms with van der Waals surface area (Å²) >= 11 is 0. The Morgan fingerprint density at radius 1 is 0.970 bits per heavy atom. The van der Waals surface area contributed by atoms with Gasteiger partial charge in [0.1, 0.15) is 5.82 Å². The molecule has 0 spiro atoms. The number of hydrogen-bond acceptors (Lipinski definition) is 6. The van der Waals surface area contributed by atoms with E-state index in [0.29, 0.717) is 18.9 Å². The zero-order valence-electron chi connectivity index (χ0n) is 19.6. The molecule has 1 N–H and O–H groups in total. The number of piperidine rings is 1. The molecule has 2 aromatic rings. The number of anilines is 2. The van der Waals surface area contributed by atoms with Crippen LogP contribution in [-0.4, -0.2) is 72.3 Å². The second-order valence-electron chi connectivity index (χ2n) is 8.98. The maximum Gasteiger partial charge on any atom is 0.332 e. The largest absolute Gasteiger partial charge is 0.369 e. The molecule has 178 valence electrons. The van der Waals surface area contributed by atoms with Gasteiger partial charge in [-0.3, -0.25) is 23.6 Å². The smallest absolute Gasteiger partial charge is 0.332 e. The zero-order chi connectivity index (χ0) is 23.4. The van der Waals surface area contributed by atoms with Crippen molar-refractivity contribution in [1.29, 1.82) is 0 Å². The van der Waals surface area contributed by atoms with Crippen LogP contribution >= 0.6 is 0 Å². The van der Waals surface area contributed by atoms with Crippen molar-refractivity contribution in [2.75, 3.05) is 62.2 Å². The average molecular weight is 455 g/mol. The number of para-hydroxylation sites is 1. The van der Waals surface area contributed by atoms with Crippen LogP contribution in [-0.2, 0) is 18.9 Å². The zero-order valence-corrected chi connectivity index (χ0v) is 19.6. The van der Waals surface area contributed by atoms with Gasteiger partial charge in [-0.05, 0) is 25.0 Å². The Balaban J connectivity index is 1.25. The predicted molar refractivity (Wildman–Crippen MR) is 130 cm³/mol. The first kappa shape index (κ1) is 23.1. The summed E-state index contributed by atoms with van der Waals surface area (Å²) in [5, 5.41) is 3.11. The molecule has 2 fully saturated rings. The highest BCUT2D eigenvalue weighted by Crippen LogP contribution is 2.21. The Bertz CT molecular complexity index is 1070. The minimum absolute atomic E-state index is 0.0523. The van der Waals surface area contributed by atoms with Gasteiger partial charge in [-0.1, -0.05) is 18.2 Å². The number of aromatic nitrogens is 2. The van der Waals surface area contributed by atoms with Gasteiger partial charge in [-0.2, -0.15) is 0 Å². The molecule has 1 aromatic carbocycles. The number of carbonyl (C=O) groups excluding carboxylic acids is 1. The number of rotatable bonds is 6. The topological polar surface area (TPSA) is 82.8 Å². The van der Waals surface area contributed by atoms with Crippen LogP contribution in [0.1, 0.15) is 12.8 Å². The molecule has 33 heavy (non-hydrogen) atoms. The van der Waals surface area contributed by atoms with E-state index in [2.05, 4.69) is 39.4 Å². The van der Waals surface area contributed by atoms with Crippen LogP contribution in [0.3, 0.4) is 0 Å². The number of carbonyl (C=O) groups is 1. The summed E-state index contributed by atoms with van der Waals surface area (Å²) in [6, 6.07) is 12.0. The van der Waals surface area contributed by atoms with Crippen LogP contribution < -0.4 is 26.4 Å². The fraction of sp³-hybridized carbons (Fsp3) is 0.542. The van der Waals surface area contributed by atoms with Crippen LogP contribution in [0, 0.1) is 5.92 Å². The van der Waals surface area contributed by atoms with Crippen LogP contribution in [0.15, 0.2) is 46.0 Å². The molecule has 0 radical (unpaired) electrons. The summed E-state index contributed by atoms with van der Waals surface area (Å²) in [4.78, 5) is 44.0. The second-order valence-corrected chi connectivity index (χ2v) is 8.98. The van der Waals surface area contributed by atoms with E-state index in [1.165, 1.54) is 23.4 Å². The third-order valence-corrected chi connectivity index (χ3v) is 6.84. The monoisotopic (exact) mass is 454 g/mol.